The molecule has 0 radical (unpaired) electrons. The first-order chi connectivity index (χ1) is 17.5. The molecule has 9 nitrogen and oxygen atoms in total. The molecule has 2 amide bonds. The molecule has 4 rings (SSSR count). The van der Waals surface area contributed by atoms with Crippen molar-refractivity contribution in [3.63, 3.8) is 0 Å². The number of thiophene rings is 1. The quantitative estimate of drug-likeness (QED) is 0.327. The molecule has 2 N–H and O–H groups in total. The van der Waals surface area contributed by atoms with E-state index in [0.29, 0.717) is 22.0 Å². The number of hydrogen-bond donors (Lipinski definition) is 2. The monoisotopic (exact) mass is 508 g/mol. The van der Waals surface area contributed by atoms with Crippen molar-refractivity contribution in [2.45, 2.75) is 13.0 Å². The van der Waals surface area contributed by atoms with Crippen molar-refractivity contribution in [2.24, 2.45) is 0 Å². The lowest BCUT2D eigenvalue weighted by atomic mass is 10.0. The van der Waals surface area contributed by atoms with Gasteiger partial charge >= 0.3 is 18.0 Å². The van der Waals surface area contributed by atoms with Crippen molar-refractivity contribution in [3.8, 4) is 5.75 Å². The number of rotatable bonds is 9. The van der Waals surface area contributed by atoms with Crippen LogP contribution in [0.2, 0.25) is 0 Å². The molecule has 3 aromatic rings. The maximum atomic E-state index is 13.2. The van der Waals surface area contributed by atoms with Crippen LogP contribution < -0.4 is 15.4 Å². The molecule has 0 spiro atoms. The Kier molecular flexibility index (Phi) is 7.86. The summed E-state index contributed by atoms with van der Waals surface area (Å²) in [4.78, 5) is 39.1. The third-order valence-electron chi connectivity index (χ3n) is 5.26. The molecule has 1 unspecified atom stereocenters. The Hall–Kier alpha value is -4.31. The largest absolute Gasteiger partial charge is 0.497 e. The van der Waals surface area contributed by atoms with E-state index in [-0.39, 0.29) is 24.5 Å². The van der Waals surface area contributed by atoms with Crippen molar-refractivity contribution in [1.82, 2.24) is 10.6 Å². The van der Waals surface area contributed by atoms with Crippen LogP contribution in [0.4, 0.5) is 4.79 Å². The highest BCUT2D eigenvalue weighted by Crippen LogP contribution is 2.29. The molecule has 186 valence electrons. The van der Waals surface area contributed by atoms with Crippen LogP contribution in [0.15, 0.2) is 75.9 Å². The second-order valence-corrected chi connectivity index (χ2v) is 8.49. The van der Waals surface area contributed by atoms with Gasteiger partial charge in [0.05, 0.1) is 36.8 Å². The molecule has 10 heteroatoms. The first kappa shape index (κ1) is 24.8. The van der Waals surface area contributed by atoms with E-state index in [2.05, 4.69) is 10.6 Å². The summed E-state index contributed by atoms with van der Waals surface area (Å²) in [5.41, 5.74) is 1.31. The van der Waals surface area contributed by atoms with Gasteiger partial charge in [0.2, 0.25) is 0 Å². The van der Waals surface area contributed by atoms with Gasteiger partial charge in [0.1, 0.15) is 24.2 Å². The SMILES string of the molecule is CCOC(=O)C1=C(COC(=O)C(=Cc2ccc(OC)cc2)c2cccs2)NC(=O)NC1c1ccco1. The van der Waals surface area contributed by atoms with E-state index >= 15 is 0 Å². The summed E-state index contributed by atoms with van der Waals surface area (Å²) in [5, 5.41) is 7.07. The number of methoxy groups -OCH3 is 1. The number of urea groups is 1. The van der Waals surface area contributed by atoms with Crippen LogP contribution in [-0.2, 0) is 19.1 Å². The second-order valence-electron chi connectivity index (χ2n) is 7.54. The highest BCUT2D eigenvalue weighted by Gasteiger charge is 2.36. The molecule has 0 saturated carbocycles. The van der Waals surface area contributed by atoms with Gasteiger partial charge < -0.3 is 29.3 Å². The maximum absolute atomic E-state index is 13.2. The molecule has 0 bridgehead atoms. The second kappa shape index (κ2) is 11.4. The standard InChI is InChI=1S/C26H24N2O7S/c1-3-33-25(30)22-19(27-26(31)28-23(22)20-6-4-12-34-20)15-35-24(29)18(21-7-5-13-36-21)14-16-8-10-17(32-2)11-9-16/h4-14,23H,3,15H2,1-2H3,(H2,27,28,31). The molecule has 1 aliphatic rings. The summed E-state index contributed by atoms with van der Waals surface area (Å²) in [6, 6.07) is 12.7. The van der Waals surface area contributed by atoms with Crippen LogP contribution in [0.3, 0.4) is 0 Å². The fourth-order valence-corrected chi connectivity index (χ4v) is 4.33. The van der Waals surface area contributed by atoms with E-state index in [1.807, 2.05) is 29.6 Å². The van der Waals surface area contributed by atoms with E-state index < -0.39 is 24.0 Å². The van der Waals surface area contributed by atoms with Crippen LogP contribution in [0.1, 0.15) is 29.2 Å². The molecule has 36 heavy (non-hydrogen) atoms. The zero-order chi connectivity index (χ0) is 25.5. The number of esters is 2. The fourth-order valence-electron chi connectivity index (χ4n) is 3.60. The van der Waals surface area contributed by atoms with Crippen molar-refractivity contribution in [2.75, 3.05) is 20.3 Å². The maximum Gasteiger partial charge on any atom is 0.339 e. The minimum absolute atomic E-state index is 0.0935. The third kappa shape index (κ3) is 5.66. The van der Waals surface area contributed by atoms with Crippen molar-refractivity contribution in [3.05, 3.63) is 87.6 Å². The lowest BCUT2D eigenvalue weighted by molar-refractivity contribution is -0.140. The van der Waals surface area contributed by atoms with Crippen LogP contribution >= 0.6 is 11.3 Å². The van der Waals surface area contributed by atoms with Gasteiger partial charge in [-0.25, -0.2) is 14.4 Å². The van der Waals surface area contributed by atoms with Gasteiger partial charge in [0.15, 0.2) is 0 Å². The first-order valence-corrected chi connectivity index (χ1v) is 12.0. The molecule has 1 atom stereocenters. The van der Waals surface area contributed by atoms with Crippen molar-refractivity contribution < 1.29 is 33.0 Å². The van der Waals surface area contributed by atoms with Crippen LogP contribution in [0.5, 0.6) is 5.75 Å². The lowest BCUT2D eigenvalue weighted by Gasteiger charge is -2.27. The average molecular weight is 509 g/mol. The molecule has 2 aromatic heterocycles. The van der Waals surface area contributed by atoms with Gasteiger partial charge in [-0.2, -0.15) is 0 Å². The summed E-state index contributed by atoms with van der Waals surface area (Å²) in [6.07, 6.45) is 3.14. The van der Waals surface area contributed by atoms with E-state index in [1.54, 1.807) is 44.4 Å². The summed E-state index contributed by atoms with van der Waals surface area (Å²) in [7, 11) is 1.58. The summed E-state index contributed by atoms with van der Waals surface area (Å²) in [6.45, 7) is 1.44. The Labute approximate surface area is 211 Å². The number of carbonyl (C=O) groups is 3. The molecule has 0 fully saturated rings. The average Bonchev–Trinajstić information content (AvgIpc) is 3.61. The molecule has 3 heterocycles. The number of benzene rings is 1. The molecule has 1 aliphatic heterocycles. The Morgan fingerprint density at radius 3 is 2.56 bits per heavy atom. The zero-order valence-electron chi connectivity index (χ0n) is 19.6. The van der Waals surface area contributed by atoms with Gasteiger partial charge in [0, 0.05) is 4.88 Å². The zero-order valence-corrected chi connectivity index (χ0v) is 20.4. The number of carbonyl (C=O) groups excluding carboxylic acids is 3. The van der Waals surface area contributed by atoms with E-state index in [0.717, 1.165) is 5.56 Å². The Morgan fingerprint density at radius 1 is 1.11 bits per heavy atom. The summed E-state index contributed by atoms with van der Waals surface area (Å²) in [5.74, 6) is -0.245. The predicted molar refractivity (Wildman–Crippen MR) is 133 cm³/mol. The highest BCUT2D eigenvalue weighted by atomic mass is 32.1. The third-order valence-corrected chi connectivity index (χ3v) is 6.16. The number of nitrogens with one attached hydrogen (secondary N) is 2. The van der Waals surface area contributed by atoms with Gasteiger partial charge in [0.25, 0.3) is 0 Å². The number of amides is 2. The van der Waals surface area contributed by atoms with E-state index in [1.165, 1.54) is 17.6 Å². The van der Waals surface area contributed by atoms with E-state index in [4.69, 9.17) is 18.6 Å². The first-order valence-electron chi connectivity index (χ1n) is 11.1. The number of furan rings is 1. The molecular formula is C26H24N2O7S. The van der Waals surface area contributed by atoms with Crippen LogP contribution in [-0.4, -0.2) is 38.3 Å². The Bertz CT molecular complexity index is 1280. The van der Waals surface area contributed by atoms with E-state index in [9.17, 15) is 14.4 Å². The van der Waals surface area contributed by atoms with Crippen LogP contribution in [0.25, 0.3) is 11.6 Å². The lowest BCUT2D eigenvalue weighted by Crippen LogP contribution is -2.47. The molecule has 0 saturated heterocycles. The van der Waals surface area contributed by atoms with Crippen LogP contribution in [0, 0.1) is 0 Å². The molecular weight excluding hydrogens is 484 g/mol. The van der Waals surface area contributed by atoms with Crippen molar-refractivity contribution in [1.29, 1.82) is 0 Å². The number of hydrogen-bond acceptors (Lipinski definition) is 8. The summed E-state index contributed by atoms with van der Waals surface area (Å²) >= 11 is 1.39. The predicted octanol–water partition coefficient (Wildman–Crippen LogP) is 4.30. The van der Waals surface area contributed by atoms with Crippen molar-refractivity contribution >= 4 is 41.0 Å². The summed E-state index contributed by atoms with van der Waals surface area (Å²) < 4.78 is 21.4. The minimum atomic E-state index is -0.895. The highest BCUT2D eigenvalue weighted by molar-refractivity contribution is 7.11. The topological polar surface area (TPSA) is 116 Å². The minimum Gasteiger partial charge on any atom is -0.497 e. The van der Waals surface area contributed by atoms with Gasteiger partial charge in [-0.1, -0.05) is 18.2 Å². The van der Waals surface area contributed by atoms with Gasteiger partial charge in [-0.05, 0) is 54.3 Å². The fraction of sp³-hybridized carbons (Fsp3) is 0.192. The Morgan fingerprint density at radius 2 is 1.92 bits per heavy atom. The normalized spacial score (nSPS) is 15.7. The molecule has 1 aromatic carbocycles. The smallest absolute Gasteiger partial charge is 0.339 e. The van der Waals surface area contributed by atoms with Gasteiger partial charge in [-0.3, -0.25) is 0 Å². The Balaban J connectivity index is 1.63. The molecule has 0 aliphatic carbocycles. The van der Waals surface area contributed by atoms with Gasteiger partial charge in [-0.15, -0.1) is 11.3 Å². The number of ether oxygens (including phenoxy) is 3.